The highest BCUT2D eigenvalue weighted by molar-refractivity contribution is 6.09. The standard InChI is InChI=1S/C19H16N2O4/c1-21-15-4-2-3-14(13(15)6-8-18(21)22)20-19(23)12-5-7-16-17(11-12)25-10-9-24-16/h2-8,11H,9-10H2,1H3,(H,20,23). The molecular formula is C19H16N2O4. The minimum absolute atomic E-state index is 0.0946. The molecule has 2 heterocycles. The summed E-state index contributed by atoms with van der Waals surface area (Å²) in [4.78, 5) is 24.4. The molecule has 0 saturated carbocycles. The highest BCUT2D eigenvalue weighted by Gasteiger charge is 2.16. The number of anilines is 1. The van der Waals surface area contributed by atoms with E-state index in [9.17, 15) is 9.59 Å². The minimum atomic E-state index is -0.252. The zero-order valence-corrected chi connectivity index (χ0v) is 13.6. The minimum Gasteiger partial charge on any atom is -0.486 e. The van der Waals surface area contributed by atoms with Gasteiger partial charge in [0.2, 0.25) is 0 Å². The number of nitrogens with zero attached hydrogens (tertiary/aromatic N) is 1. The first-order valence-electron chi connectivity index (χ1n) is 7.93. The van der Waals surface area contributed by atoms with Crippen molar-refractivity contribution in [3.8, 4) is 11.5 Å². The van der Waals surface area contributed by atoms with E-state index in [1.807, 2.05) is 12.1 Å². The van der Waals surface area contributed by atoms with Gasteiger partial charge < -0.3 is 19.4 Å². The Bertz CT molecular complexity index is 1040. The molecule has 4 rings (SSSR count). The molecule has 2 aromatic carbocycles. The maximum atomic E-state index is 12.6. The zero-order chi connectivity index (χ0) is 17.4. The van der Waals surface area contributed by atoms with E-state index in [0.29, 0.717) is 36.0 Å². The number of ether oxygens (including phenoxy) is 2. The van der Waals surface area contributed by atoms with Gasteiger partial charge in [-0.3, -0.25) is 9.59 Å². The third kappa shape index (κ3) is 2.71. The van der Waals surface area contributed by atoms with Crippen LogP contribution < -0.4 is 20.3 Å². The van der Waals surface area contributed by atoms with Crippen LogP contribution in [0.3, 0.4) is 0 Å². The maximum Gasteiger partial charge on any atom is 0.255 e. The van der Waals surface area contributed by atoms with Gasteiger partial charge in [0, 0.05) is 24.1 Å². The van der Waals surface area contributed by atoms with Crippen molar-refractivity contribution >= 4 is 22.5 Å². The van der Waals surface area contributed by atoms with Crippen LogP contribution in [0, 0.1) is 0 Å². The molecule has 6 heteroatoms. The molecule has 0 spiro atoms. The Hall–Kier alpha value is -3.28. The second-order valence-electron chi connectivity index (χ2n) is 5.78. The Morgan fingerprint density at radius 1 is 1.04 bits per heavy atom. The summed E-state index contributed by atoms with van der Waals surface area (Å²) in [6.45, 7) is 0.975. The Morgan fingerprint density at radius 2 is 1.84 bits per heavy atom. The van der Waals surface area contributed by atoms with Crippen molar-refractivity contribution < 1.29 is 14.3 Å². The Morgan fingerprint density at radius 3 is 2.68 bits per heavy atom. The lowest BCUT2D eigenvalue weighted by atomic mass is 10.1. The normalized spacial score (nSPS) is 12.8. The smallest absolute Gasteiger partial charge is 0.255 e. The van der Waals surface area contributed by atoms with Crippen LogP contribution in [0.1, 0.15) is 10.4 Å². The van der Waals surface area contributed by atoms with Crippen LogP contribution in [0.15, 0.2) is 53.3 Å². The Labute approximate surface area is 143 Å². The lowest BCUT2D eigenvalue weighted by Gasteiger charge is -2.18. The number of hydrogen-bond donors (Lipinski definition) is 1. The monoisotopic (exact) mass is 336 g/mol. The van der Waals surface area contributed by atoms with Crippen molar-refractivity contribution in [1.29, 1.82) is 0 Å². The fraction of sp³-hybridized carbons (Fsp3) is 0.158. The van der Waals surface area contributed by atoms with Gasteiger partial charge in [-0.1, -0.05) is 6.07 Å². The van der Waals surface area contributed by atoms with E-state index in [4.69, 9.17) is 9.47 Å². The average molecular weight is 336 g/mol. The van der Waals surface area contributed by atoms with Gasteiger partial charge in [0.05, 0.1) is 11.2 Å². The summed E-state index contributed by atoms with van der Waals surface area (Å²) in [5.41, 5.74) is 1.79. The average Bonchev–Trinajstić information content (AvgIpc) is 2.64. The topological polar surface area (TPSA) is 69.6 Å². The molecular weight excluding hydrogens is 320 g/mol. The molecule has 0 aliphatic carbocycles. The molecule has 1 amide bonds. The van der Waals surface area contributed by atoms with Gasteiger partial charge >= 0.3 is 0 Å². The molecule has 1 N–H and O–H groups in total. The predicted octanol–water partition coefficient (Wildman–Crippen LogP) is 2.56. The van der Waals surface area contributed by atoms with Crippen LogP contribution >= 0.6 is 0 Å². The number of benzene rings is 2. The number of rotatable bonds is 2. The van der Waals surface area contributed by atoms with Crippen molar-refractivity contribution in [1.82, 2.24) is 4.57 Å². The molecule has 0 bridgehead atoms. The van der Waals surface area contributed by atoms with Crippen LogP contribution in [-0.4, -0.2) is 23.7 Å². The zero-order valence-electron chi connectivity index (χ0n) is 13.6. The van der Waals surface area contributed by atoms with E-state index in [-0.39, 0.29) is 11.5 Å². The molecule has 1 aliphatic rings. The molecule has 25 heavy (non-hydrogen) atoms. The molecule has 1 aromatic heterocycles. The van der Waals surface area contributed by atoms with Crippen LogP contribution in [0.5, 0.6) is 11.5 Å². The molecule has 0 atom stereocenters. The number of fused-ring (bicyclic) bond motifs is 2. The number of carbonyl (C=O) groups excluding carboxylic acids is 1. The van der Waals surface area contributed by atoms with Gasteiger partial charge in [-0.15, -0.1) is 0 Å². The molecule has 0 radical (unpaired) electrons. The number of nitrogens with one attached hydrogen (secondary N) is 1. The second-order valence-corrected chi connectivity index (χ2v) is 5.78. The number of hydrogen-bond acceptors (Lipinski definition) is 4. The Balaban J connectivity index is 1.68. The summed E-state index contributed by atoms with van der Waals surface area (Å²) >= 11 is 0. The summed E-state index contributed by atoms with van der Waals surface area (Å²) in [5.74, 6) is 0.959. The van der Waals surface area contributed by atoms with Crippen molar-refractivity contribution in [2.45, 2.75) is 0 Å². The first-order valence-corrected chi connectivity index (χ1v) is 7.93. The van der Waals surface area contributed by atoms with E-state index in [1.54, 1.807) is 41.9 Å². The molecule has 126 valence electrons. The van der Waals surface area contributed by atoms with Crippen molar-refractivity contribution in [2.24, 2.45) is 7.05 Å². The summed E-state index contributed by atoms with van der Waals surface area (Å²) in [7, 11) is 1.71. The fourth-order valence-electron chi connectivity index (χ4n) is 2.89. The number of carbonyl (C=O) groups is 1. The maximum absolute atomic E-state index is 12.6. The van der Waals surface area contributed by atoms with E-state index >= 15 is 0 Å². The molecule has 1 aliphatic heterocycles. The van der Waals surface area contributed by atoms with E-state index in [2.05, 4.69) is 5.32 Å². The molecule has 0 unspecified atom stereocenters. The SMILES string of the molecule is Cn1c(=O)ccc2c(NC(=O)c3ccc4c(c3)OCCO4)cccc21. The molecule has 6 nitrogen and oxygen atoms in total. The quantitative estimate of drug-likeness (QED) is 0.781. The summed E-state index contributed by atoms with van der Waals surface area (Å²) in [5, 5.41) is 3.71. The number of amides is 1. The summed E-state index contributed by atoms with van der Waals surface area (Å²) in [6.07, 6.45) is 0. The van der Waals surface area contributed by atoms with Gasteiger partial charge in [-0.05, 0) is 36.4 Å². The van der Waals surface area contributed by atoms with Gasteiger partial charge in [0.15, 0.2) is 11.5 Å². The van der Waals surface area contributed by atoms with Crippen molar-refractivity contribution in [3.63, 3.8) is 0 Å². The largest absolute Gasteiger partial charge is 0.486 e. The van der Waals surface area contributed by atoms with Crippen LogP contribution in [0.2, 0.25) is 0 Å². The van der Waals surface area contributed by atoms with Gasteiger partial charge in [-0.2, -0.15) is 0 Å². The predicted molar refractivity (Wildman–Crippen MR) is 94.6 cm³/mol. The van der Waals surface area contributed by atoms with E-state index in [0.717, 1.165) is 10.9 Å². The number of aryl methyl sites for hydroxylation is 1. The van der Waals surface area contributed by atoms with Crippen LogP contribution in [-0.2, 0) is 7.05 Å². The lowest BCUT2D eigenvalue weighted by Crippen LogP contribution is -2.18. The third-order valence-corrected chi connectivity index (χ3v) is 4.22. The van der Waals surface area contributed by atoms with E-state index < -0.39 is 0 Å². The number of aromatic nitrogens is 1. The fourth-order valence-corrected chi connectivity index (χ4v) is 2.89. The summed E-state index contributed by atoms with van der Waals surface area (Å²) in [6, 6.07) is 13.8. The van der Waals surface area contributed by atoms with Crippen molar-refractivity contribution in [3.05, 3.63) is 64.4 Å². The Kier molecular flexibility index (Phi) is 3.65. The van der Waals surface area contributed by atoms with Crippen molar-refractivity contribution in [2.75, 3.05) is 18.5 Å². The highest BCUT2D eigenvalue weighted by Crippen LogP contribution is 2.31. The van der Waals surface area contributed by atoms with Crippen LogP contribution in [0.25, 0.3) is 10.9 Å². The summed E-state index contributed by atoms with van der Waals surface area (Å²) < 4.78 is 12.5. The lowest BCUT2D eigenvalue weighted by molar-refractivity contribution is 0.102. The van der Waals surface area contributed by atoms with Gasteiger partial charge in [0.1, 0.15) is 13.2 Å². The molecule has 0 saturated heterocycles. The second kappa shape index (κ2) is 5.98. The molecule has 0 fully saturated rings. The van der Waals surface area contributed by atoms with Crippen LogP contribution in [0.4, 0.5) is 5.69 Å². The number of pyridine rings is 1. The first kappa shape index (κ1) is 15.3. The van der Waals surface area contributed by atoms with Gasteiger partial charge in [0.25, 0.3) is 11.5 Å². The molecule has 3 aromatic rings. The highest BCUT2D eigenvalue weighted by atomic mass is 16.6. The first-order chi connectivity index (χ1) is 12.1. The van der Waals surface area contributed by atoms with Gasteiger partial charge in [-0.25, -0.2) is 0 Å². The third-order valence-electron chi connectivity index (χ3n) is 4.22. The van der Waals surface area contributed by atoms with E-state index in [1.165, 1.54) is 6.07 Å².